The average Bonchev–Trinajstić information content (AvgIpc) is 2.47. The van der Waals surface area contributed by atoms with Crippen LogP contribution in [0.25, 0.3) is 0 Å². The molecule has 0 bridgehead atoms. The monoisotopic (exact) mass is 291 g/mol. The summed E-state index contributed by atoms with van der Waals surface area (Å²) in [6.45, 7) is 7.10. The molecule has 1 aromatic carbocycles. The molecule has 1 unspecified atom stereocenters. The van der Waals surface area contributed by atoms with Crippen LogP contribution < -0.4 is 4.74 Å². The van der Waals surface area contributed by atoms with Crippen molar-refractivity contribution < 1.29 is 14.6 Å². The molecular formula is C17H25NO3. The van der Waals surface area contributed by atoms with E-state index in [-0.39, 0.29) is 5.91 Å². The number of carbonyl (C=O) groups is 1. The van der Waals surface area contributed by atoms with Gasteiger partial charge in [-0.25, -0.2) is 0 Å². The summed E-state index contributed by atoms with van der Waals surface area (Å²) in [5, 5.41) is 9.82. The Kier molecular flexibility index (Phi) is 5.23. The fraction of sp³-hybridized carbons (Fsp3) is 0.588. The van der Waals surface area contributed by atoms with Crippen LogP contribution in [0.1, 0.15) is 50.3 Å². The summed E-state index contributed by atoms with van der Waals surface area (Å²) < 4.78 is 5.85. The van der Waals surface area contributed by atoms with Crippen molar-refractivity contribution in [2.45, 2.75) is 52.2 Å². The number of rotatable bonds is 4. The standard InChI is InChI=1S/C17H25NO3/c1-12-7-8-15(13(2)19)16(11-12)21-14(3)17(20)18-9-5-4-6-10-18/h7-8,11,13-14,19H,4-6,9-10H2,1-3H3/t13-,14?/m1/s1. The lowest BCUT2D eigenvalue weighted by Gasteiger charge is -2.29. The highest BCUT2D eigenvalue weighted by molar-refractivity contribution is 5.81. The molecule has 0 spiro atoms. The first-order valence-electron chi connectivity index (χ1n) is 7.73. The Morgan fingerprint density at radius 3 is 2.52 bits per heavy atom. The summed E-state index contributed by atoms with van der Waals surface area (Å²) >= 11 is 0. The van der Waals surface area contributed by atoms with Crippen LogP contribution in [-0.2, 0) is 4.79 Å². The number of hydrogen-bond donors (Lipinski definition) is 1. The number of nitrogens with zero attached hydrogens (tertiary/aromatic N) is 1. The number of ether oxygens (including phenoxy) is 1. The third-order valence-corrected chi connectivity index (χ3v) is 3.94. The van der Waals surface area contributed by atoms with Crippen LogP contribution in [-0.4, -0.2) is 35.1 Å². The second kappa shape index (κ2) is 6.94. The minimum absolute atomic E-state index is 0.0350. The van der Waals surface area contributed by atoms with E-state index in [1.807, 2.05) is 30.0 Å². The van der Waals surface area contributed by atoms with Crippen molar-refractivity contribution in [3.8, 4) is 5.75 Å². The van der Waals surface area contributed by atoms with E-state index in [2.05, 4.69) is 0 Å². The lowest BCUT2D eigenvalue weighted by molar-refractivity contribution is -0.138. The van der Waals surface area contributed by atoms with Crippen LogP contribution in [0, 0.1) is 6.92 Å². The number of carbonyl (C=O) groups excluding carboxylic acids is 1. The Balaban J connectivity index is 2.09. The predicted molar refractivity (Wildman–Crippen MR) is 82.3 cm³/mol. The molecule has 116 valence electrons. The van der Waals surface area contributed by atoms with Crippen molar-refractivity contribution in [1.29, 1.82) is 0 Å². The van der Waals surface area contributed by atoms with Crippen LogP contribution in [0.15, 0.2) is 18.2 Å². The Bertz CT molecular complexity index is 493. The number of hydrogen-bond acceptors (Lipinski definition) is 3. The van der Waals surface area contributed by atoms with Gasteiger partial charge in [-0.15, -0.1) is 0 Å². The van der Waals surface area contributed by atoms with Crippen molar-refractivity contribution in [2.24, 2.45) is 0 Å². The maximum absolute atomic E-state index is 12.4. The topological polar surface area (TPSA) is 49.8 Å². The molecule has 4 heteroatoms. The number of aliphatic hydroxyl groups is 1. The molecule has 1 heterocycles. The molecule has 0 aliphatic carbocycles. The Hall–Kier alpha value is -1.55. The van der Waals surface area contributed by atoms with E-state index in [1.165, 1.54) is 6.42 Å². The van der Waals surface area contributed by atoms with Gasteiger partial charge in [-0.3, -0.25) is 4.79 Å². The number of aliphatic hydroxyl groups excluding tert-OH is 1. The first-order valence-corrected chi connectivity index (χ1v) is 7.73. The van der Waals surface area contributed by atoms with Gasteiger partial charge >= 0.3 is 0 Å². The van der Waals surface area contributed by atoms with E-state index >= 15 is 0 Å². The van der Waals surface area contributed by atoms with Gasteiger partial charge in [-0.2, -0.15) is 0 Å². The van der Waals surface area contributed by atoms with Crippen LogP contribution in [0.3, 0.4) is 0 Å². The molecule has 2 rings (SSSR count). The van der Waals surface area contributed by atoms with Gasteiger partial charge in [0.25, 0.3) is 5.91 Å². The van der Waals surface area contributed by atoms with E-state index in [9.17, 15) is 9.90 Å². The Labute approximate surface area is 126 Å². The van der Waals surface area contributed by atoms with Gasteiger partial charge in [0, 0.05) is 18.7 Å². The van der Waals surface area contributed by atoms with E-state index < -0.39 is 12.2 Å². The highest BCUT2D eigenvalue weighted by Gasteiger charge is 2.24. The van der Waals surface area contributed by atoms with Crippen LogP contribution in [0.5, 0.6) is 5.75 Å². The minimum atomic E-state index is -0.613. The molecule has 1 amide bonds. The normalized spacial score (nSPS) is 18.2. The highest BCUT2D eigenvalue weighted by Crippen LogP contribution is 2.27. The van der Waals surface area contributed by atoms with Crippen LogP contribution >= 0.6 is 0 Å². The molecule has 21 heavy (non-hydrogen) atoms. The van der Waals surface area contributed by atoms with E-state index in [1.54, 1.807) is 13.8 Å². The van der Waals surface area contributed by atoms with Crippen molar-refractivity contribution in [2.75, 3.05) is 13.1 Å². The SMILES string of the molecule is Cc1ccc([C@@H](C)O)c(OC(C)C(=O)N2CCCCC2)c1. The third kappa shape index (κ3) is 3.97. The summed E-state index contributed by atoms with van der Waals surface area (Å²) in [5.41, 5.74) is 1.77. The van der Waals surface area contributed by atoms with Gasteiger partial charge in [-0.1, -0.05) is 12.1 Å². The number of amides is 1. The van der Waals surface area contributed by atoms with Crippen molar-refractivity contribution in [3.05, 3.63) is 29.3 Å². The van der Waals surface area contributed by atoms with Gasteiger partial charge < -0.3 is 14.7 Å². The van der Waals surface area contributed by atoms with E-state index in [0.29, 0.717) is 5.75 Å². The van der Waals surface area contributed by atoms with Gasteiger partial charge in [0.1, 0.15) is 5.75 Å². The van der Waals surface area contributed by atoms with Gasteiger partial charge in [-0.05, 0) is 51.7 Å². The number of likely N-dealkylation sites (tertiary alicyclic amines) is 1. The molecule has 1 aliphatic rings. The molecule has 0 aromatic heterocycles. The minimum Gasteiger partial charge on any atom is -0.480 e. The van der Waals surface area contributed by atoms with Gasteiger partial charge in [0.2, 0.25) is 0 Å². The molecule has 1 aliphatic heterocycles. The van der Waals surface area contributed by atoms with Crippen LogP contribution in [0.2, 0.25) is 0 Å². The zero-order valence-corrected chi connectivity index (χ0v) is 13.1. The lowest BCUT2D eigenvalue weighted by atomic mass is 10.1. The zero-order valence-electron chi connectivity index (χ0n) is 13.1. The van der Waals surface area contributed by atoms with Gasteiger partial charge in [0.15, 0.2) is 6.10 Å². The largest absolute Gasteiger partial charge is 0.480 e. The predicted octanol–water partition coefficient (Wildman–Crippen LogP) is 2.83. The fourth-order valence-corrected chi connectivity index (χ4v) is 2.70. The number of piperidine rings is 1. The molecule has 4 nitrogen and oxygen atoms in total. The number of aryl methyl sites for hydroxylation is 1. The quantitative estimate of drug-likeness (QED) is 0.928. The maximum atomic E-state index is 12.4. The van der Waals surface area contributed by atoms with E-state index in [0.717, 1.165) is 37.1 Å². The summed E-state index contributed by atoms with van der Waals surface area (Å²) in [7, 11) is 0. The molecule has 1 aromatic rings. The molecular weight excluding hydrogens is 266 g/mol. The summed E-state index contributed by atoms with van der Waals surface area (Å²) in [4.78, 5) is 14.3. The summed E-state index contributed by atoms with van der Waals surface area (Å²) in [6, 6.07) is 5.67. The smallest absolute Gasteiger partial charge is 0.263 e. The Morgan fingerprint density at radius 2 is 1.90 bits per heavy atom. The summed E-state index contributed by atoms with van der Waals surface area (Å²) in [6.07, 6.45) is 2.20. The summed E-state index contributed by atoms with van der Waals surface area (Å²) in [5.74, 6) is 0.635. The third-order valence-electron chi connectivity index (χ3n) is 3.94. The van der Waals surface area contributed by atoms with Crippen molar-refractivity contribution in [1.82, 2.24) is 4.90 Å². The average molecular weight is 291 g/mol. The second-order valence-corrected chi connectivity index (χ2v) is 5.86. The Morgan fingerprint density at radius 1 is 1.24 bits per heavy atom. The van der Waals surface area contributed by atoms with Gasteiger partial charge in [0.05, 0.1) is 6.10 Å². The molecule has 0 saturated carbocycles. The molecule has 1 saturated heterocycles. The molecule has 1 fully saturated rings. The number of benzene rings is 1. The molecule has 2 atom stereocenters. The van der Waals surface area contributed by atoms with E-state index in [4.69, 9.17) is 4.74 Å². The fourth-order valence-electron chi connectivity index (χ4n) is 2.70. The first kappa shape index (κ1) is 15.8. The highest BCUT2D eigenvalue weighted by atomic mass is 16.5. The van der Waals surface area contributed by atoms with Crippen LogP contribution in [0.4, 0.5) is 0 Å². The van der Waals surface area contributed by atoms with Crippen molar-refractivity contribution >= 4 is 5.91 Å². The van der Waals surface area contributed by atoms with Crippen molar-refractivity contribution in [3.63, 3.8) is 0 Å². The maximum Gasteiger partial charge on any atom is 0.263 e. The zero-order chi connectivity index (χ0) is 15.4. The molecule has 1 N–H and O–H groups in total. The lowest BCUT2D eigenvalue weighted by Crippen LogP contribution is -2.43. The molecule has 0 radical (unpaired) electrons. The first-order chi connectivity index (χ1) is 9.99. The second-order valence-electron chi connectivity index (χ2n) is 5.86.